The number of likely N-dealkylation sites (tertiary alicyclic amines) is 1. The van der Waals surface area contributed by atoms with Crippen molar-refractivity contribution in [1.82, 2.24) is 14.8 Å². The molecule has 0 aliphatic carbocycles. The van der Waals surface area contributed by atoms with Crippen LogP contribution in [-0.2, 0) is 32.0 Å². The number of carbonyl (C=O) groups is 4. The molecule has 0 unspecified atom stereocenters. The standard InChI is InChI=1S/C41H42ClN5O4/c1-3-34(46(4-2)36(48)24-27-12-7-5-8-13-27)40(50)43-30-19-17-29(18-20-30)39-38(42)32-26-31(21-22-33(32)45-39)44-41(51)35-16-11-23-47(35)37(49)25-28-14-9-6-10-15-28/h5-10,12-15,17-22,26,34-35,45H,3-4,11,16,23-25H2,1-2H3,(H,43,50)(H,44,51)/t34-,35-/m0/s1. The molecule has 0 saturated carbocycles. The summed E-state index contributed by atoms with van der Waals surface area (Å²) in [6.07, 6.45) is 2.37. The molecule has 51 heavy (non-hydrogen) atoms. The minimum Gasteiger partial charge on any atom is -0.353 e. The van der Waals surface area contributed by atoms with E-state index in [0.717, 1.165) is 34.0 Å². The highest BCUT2D eigenvalue weighted by Crippen LogP contribution is 2.36. The summed E-state index contributed by atoms with van der Waals surface area (Å²) in [4.78, 5) is 59.6. The van der Waals surface area contributed by atoms with Gasteiger partial charge >= 0.3 is 0 Å². The number of hydrogen-bond donors (Lipinski definition) is 3. The number of aromatic amines is 1. The minimum atomic E-state index is -0.602. The smallest absolute Gasteiger partial charge is 0.247 e. The van der Waals surface area contributed by atoms with Gasteiger partial charge in [-0.1, -0.05) is 91.3 Å². The van der Waals surface area contributed by atoms with Crippen LogP contribution in [0.2, 0.25) is 5.02 Å². The SMILES string of the molecule is CC[C@@H](C(=O)Nc1ccc(-c2[nH]c3ccc(NC(=O)[C@@H]4CCCN4C(=O)Cc4ccccc4)cc3c2Cl)cc1)N(CC)C(=O)Cc1ccccc1. The first-order valence-electron chi connectivity index (χ1n) is 17.5. The van der Waals surface area contributed by atoms with Crippen molar-refractivity contribution in [3.05, 3.63) is 119 Å². The van der Waals surface area contributed by atoms with E-state index >= 15 is 0 Å². The maximum atomic E-state index is 13.4. The molecule has 9 nitrogen and oxygen atoms in total. The number of benzene rings is 4. The van der Waals surface area contributed by atoms with Crippen LogP contribution < -0.4 is 10.6 Å². The van der Waals surface area contributed by atoms with E-state index in [2.05, 4.69) is 15.6 Å². The van der Waals surface area contributed by atoms with E-state index in [1.165, 1.54) is 0 Å². The first-order valence-corrected chi connectivity index (χ1v) is 17.8. The van der Waals surface area contributed by atoms with E-state index in [0.29, 0.717) is 48.0 Å². The van der Waals surface area contributed by atoms with Gasteiger partial charge in [0.2, 0.25) is 23.6 Å². The van der Waals surface area contributed by atoms with Crippen molar-refractivity contribution >= 4 is 57.5 Å². The highest BCUT2D eigenvalue weighted by molar-refractivity contribution is 6.38. The van der Waals surface area contributed by atoms with Gasteiger partial charge in [0.05, 0.1) is 23.6 Å². The van der Waals surface area contributed by atoms with E-state index in [4.69, 9.17) is 11.6 Å². The Morgan fingerprint density at radius 2 is 1.49 bits per heavy atom. The number of carbonyl (C=O) groups excluding carboxylic acids is 4. The van der Waals surface area contributed by atoms with Crippen LogP contribution in [0.3, 0.4) is 0 Å². The third-order valence-corrected chi connectivity index (χ3v) is 9.84. The number of hydrogen-bond acceptors (Lipinski definition) is 4. The van der Waals surface area contributed by atoms with Crippen LogP contribution >= 0.6 is 11.6 Å². The monoisotopic (exact) mass is 703 g/mol. The predicted octanol–water partition coefficient (Wildman–Crippen LogP) is 7.47. The summed E-state index contributed by atoms with van der Waals surface area (Å²) in [5, 5.41) is 7.22. The largest absolute Gasteiger partial charge is 0.353 e. The fourth-order valence-corrected chi connectivity index (χ4v) is 7.12. The highest BCUT2D eigenvalue weighted by atomic mass is 35.5. The molecule has 3 N–H and O–H groups in total. The summed E-state index contributed by atoms with van der Waals surface area (Å²) in [5.41, 5.74) is 5.36. The quantitative estimate of drug-likeness (QED) is 0.125. The minimum absolute atomic E-state index is 0.0553. The van der Waals surface area contributed by atoms with Crippen LogP contribution in [0, 0.1) is 0 Å². The summed E-state index contributed by atoms with van der Waals surface area (Å²) in [7, 11) is 0. The van der Waals surface area contributed by atoms with Gasteiger partial charge in [-0.05, 0) is 73.2 Å². The maximum absolute atomic E-state index is 13.4. The molecule has 1 aromatic heterocycles. The van der Waals surface area contributed by atoms with Crippen LogP contribution in [0.5, 0.6) is 0 Å². The molecule has 5 aromatic rings. The number of fused-ring (bicyclic) bond motifs is 1. The summed E-state index contributed by atoms with van der Waals surface area (Å²) >= 11 is 6.89. The van der Waals surface area contributed by atoms with Gasteiger partial charge < -0.3 is 25.4 Å². The normalized spacial score (nSPS) is 14.6. The van der Waals surface area contributed by atoms with Gasteiger partial charge in [-0.15, -0.1) is 0 Å². The Hall–Kier alpha value is -5.41. The number of aromatic nitrogens is 1. The van der Waals surface area contributed by atoms with Gasteiger partial charge in [0.1, 0.15) is 12.1 Å². The van der Waals surface area contributed by atoms with Crippen LogP contribution in [0.4, 0.5) is 11.4 Å². The molecule has 1 aliphatic heterocycles. The van der Waals surface area contributed by atoms with Crippen LogP contribution in [0.15, 0.2) is 103 Å². The number of likely N-dealkylation sites (N-methyl/N-ethyl adjacent to an activating group) is 1. The zero-order valence-electron chi connectivity index (χ0n) is 28.8. The lowest BCUT2D eigenvalue weighted by Crippen LogP contribution is -2.47. The van der Waals surface area contributed by atoms with E-state index in [9.17, 15) is 19.2 Å². The van der Waals surface area contributed by atoms with Gasteiger partial charge in [0.15, 0.2) is 0 Å². The summed E-state index contributed by atoms with van der Waals surface area (Å²) < 4.78 is 0. The van der Waals surface area contributed by atoms with Crippen LogP contribution in [0.1, 0.15) is 44.2 Å². The molecule has 1 saturated heterocycles. The van der Waals surface area contributed by atoms with Gasteiger partial charge in [-0.2, -0.15) is 0 Å². The van der Waals surface area contributed by atoms with Crippen molar-refractivity contribution in [3.8, 4) is 11.3 Å². The molecule has 0 bridgehead atoms. The lowest BCUT2D eigenvalue weighted by atomic mass is 10.1. The predicted molar refractivity (Wildman–Crippen MR) is 202 cm³/mol. The van der Waals surface area contributed by atoms with E-state index in [1.807, 2.05) is 117 Å². The Morgan fingerprint density at radius 3 is 2.14 bits per heavy atom. The molecule has 10 heteroatoms. The third-order valence-electron chi connectivity index (χ3n) is 9.44. The Labute approximate surface area is 303 Å². The molecule has 2 heterocycles. The van der Waals surface area contributed by atoms with Crippen molar-refractivity contribution in [1.29, 1.82) is 0 Å². The number of halogens is 1. The molecule has 262 valence electrons. The van der Waals surface area contributed by atoms with Crippen molar-refractivity contribution in [3.63, 3.8) is 0 Å². The Bertz CT molecular complexity index is 2010. The highest BCUT2D eigenvalue weighted by Gasteiger charge is 2.34. The van der Waals surface area contributed by atoms with Crippen LogP contribution in [-0.4, -0.2) is 63.6 Å². The average Bonchev–Trinajstić information content (AvgIpc) is 3.77. The number of nitrogens with zero attached hydrogens (tertiary/aromatic N) is 2. The number of anilines is 2. The molecule has 4 amide bonds. The topological polar surface area (TPSA) is 115 Å². The zero-order chi connectivity index (χ0) is 35.9. The Morgan fingerprint density at radius 1 is 0.843 bits per heavy atom. The number of nitrogens with one attached hydrogen (secondary N) is 3. The molecule has 2 atom stereocenters. The molecule has 1 fully saturated rings. The Balaban J connectivity index is 1.10. The van der Waals surface area contributed by atoms with E-state index < -0.39 is 12.1 Å². The summed E-state index contributed by atoms with van der Waals surface area (Å²) in [6.45, 7) is 4.77. The average molecular weight is 704 g/mol. The lowest BCUT2D eigenvalue weighted by Gasteiger charge is -2.29. The lowest BCUT2D eigenvalue weighted by molar-refractivity contribution is -0.138. The zero-order valence-corrected chi connectivity index (χ0v) is 29.6. The van der Waals surface area contributed by atoms with Crippen molar-refractivity contribution < 1.29 is 19.2 Å². The second-order valence-electron chi connectivity index (χ2n) is 12.8. The first kappa shape index (κ1) is 35.4. The molecule has 0 spiro atoms. The second-order valence-corrected chi connectivity index (χ2v) is 13.2. The van der Waals surface area contributed by atoms with Crippen LogP contribution in [0.25, 0.3) is 22.2 Å². The summed E-state index contributed by atoms with van der Waals surface area (Å²) in [6, 6.07) is 30.8. The van der Waals surface area contributed by atoms with Crippen molar-refractivity contribution in [2.75, 3.05) is 23.7 Å². The van der Waals surface area contributed by atoms with Gasteiger partial charge in [-0.3, -0.25) is 19.2 Å². The number of rotatable bonds is 12. The van der Waals surface area contributed by atoms with Crippen molar-refractivity contribution in [2.24, 2.45) is 0 Å². The summed E-state index contributed by atoms with van der Waals surface area (Å²) in [5.74, 6) is -0.606. The number of amides is 4. The fourth-order valence-electron chi connectivity index (χ4n) is 6.81. The first-order chi connectivity index (χ1) is 24.7. The molecule has 1 aliphatic rings. The maximum Gasteiger partial charge on any atom is 0.247 e. The molecule has 0 radical (unpaired) electrons. The van der Waals surface area contributed by atoms with Gasteiger partial charge in [0.25, 0.3) is 0 Å². The Kier molecular flexibility index (Phi) is 11.2. The van der Waals surface area contributed by atoms with E-state index in [1.54, 1.807) is 9.80 Å². The second kappa shape index (κ2) is 16.1. The van der Waals surface area contributed by atoms with Crippen molar-refractivity contribution in [2.45, 2.75) is 58.0 Å². The fraction of sp³-hybridized carbons (Fsp3) is 0.268. The third kappa shape index (κ3) is 8.15. The molecular weight excluding hydrogens is 662 g/mol. The molecule has 4 aromatic carbocycles. The van der Waals surface area contributed by atoms with Gasteiger partial charge in [-0.25, -0.2) is 0 Å². The van der Waals surface area contributed by atoms with E-state index in [-0.39, 0.29) is 36.5 Å². The molecular formula is C41H42ClN5O4. The molecule has 6 rings (SSSR count). The number of H-pyrrole nitrogens is 1. The van der Waals surface area contributed by atoms with Gasteiger partial charge in [0, 0.05) is 35.4 Å².